The maximum atomic E-state index is 12.4. The van der Waals surface area contributed by atoms with E-state index in [0.29, 0.717) is 28.4 Å². The first-order valence-corrected chi connectivity index (χ1v) is 7.06. The summed E-state index contributed by atoms with van der Waals surface area (Å²) in [7, 11) is 3.27. The van der Waals surface area contributed by atoms with Gasteiger partial charge in [-0.3, -0.25) is 4.79 Å². The number of carbonyl (C=O) groups is 1. The third-order valence-electron chi connectivity index (χ3n) is 2.99. The average Bonchev–Trinajstić information content (AvgIpc) is 2.49. The number of rotatable bonds is 4. The van der Waals surface area contributed by atoms with Crippen LogP contribution in [0.1, 0.15) is 10.4 Å². The molecule has 21 heavy (non-hydrogen) atoms. The highest BCUT2D eigenvalue weighted by Crippen LogP contribution is 2.29. The Hall–Kier alpha value is -2.21. The Morgan fingerprint density at radius 1 is 1.24 bits per heavy atom. The first-order chi connectivity index (χ1) is 10.0. The van der Waals surface area contributed by atoms with Crippen LogP contribution in [0.25, 0.3) is 0 Å². The molecule has 0 atom stereocenters. The predicted octanol–water partition coefficient (Wildman–Crippen LogP) is 3.33. The fourth-order valence-corrected chi connectivity index (χ4v) is 2.16. The molecule has 0 fully saturated rings. The molecule has 4 N–H and O–H groups in total. The molecule has 0 bridgehead atoms. The number of ether oxygens (including phenoxy) is 1. The van der Waals surface area contributed by atoms with Gasteiger partial charge in [0.15, 0.2) is 0 Å². The van der Waals surface area contributed by atoms with Crippen molar-refractivity contribution in [2.45, 2.75) is 0 Å². The fraction of sp³-hybridized carbons (Fsp3) is 0.133. The van der Waals surface area contributed by atoms with E-state index < -0.39 is 0 Å². The van der Waals surface area contributed by atoms with Crippen molar-refractivity contribution in [2.75, 3.05) is 30.5 Å². The SMILES string of the molecule is CNc1cc(OC)c(C(=O)Nc2ccc(Br)cc2)cc1N. The molecular weight excluding hydrogens is 334 g/mol. The summed E-state index contributed by atoms with van der Waals surface area (Å²) in [6, 6.07) is 10.6. The van der Waals surface area contributed by atoms with Crippen molar-refractivity contribution >= 4 is 38.9 Å². The first kappa shape index (κ1) is 15.2. The minimum Gasteiger partial charge on any atom is -0.496 e. The summed E-state index contributed by atoms with van der Waals surface area (Å²) in [4.78, 5) is 12.4. The lowest BCUT2D eigenvalue weighted by Crippen LogP contribution is -2.14. The van der Waals surface area contributed by atoms with Crippen LogP contribution in [0.5, 0.6) is 5.75 Å². The van der Waals surface area contributed by atoms with Gasteiger partial charge in [-0.1, -0.05) is 15.9 Å². The van der Waals surface area contributed by atoms with Crippen molar-refractivity contribution in [3.63, 3.8) is 0 Å². The van der Waals surface area contributed by atoms with Crippen LogP contribution in [0.3, 0.4) is 0 Å². The second-order valence-corrected chi connectivity index (χ2v) is 5.27. The zero-order valence-electron chi connectivity index (χ0n) is 11.7. The number of halogens is 1. The molecule has 0 spiro atoms. The molecule has 0 heterocycles. The minimum atomic E-state index is -0.275. The third-order valence-corrected chi connectivity index (χ3v) is 3.52. The molecule has 0 aromatic heterocycles. The summed E-state index contributed by atoms with van der Waals surface area (Å²) in [5.74, 6) is 0.187. The number of carbonyl (C=O) groups excluding carboxylic acids is 1. The molecular formula is C15H16BrN3O2. The highest BCUT2D eigenvalue weighted by molar-refractivity contribution is 9.10. The predicted molar refractivity (Wildman–Crippen MR) is 89.0 cm³/mol. The van der Waals surface area contributed by atoms with Gasteiger partial charge in [0.25, 0.3) is 5.91 Å². The van der Waals surface area contributed by atoms with Crippen molar-refractivity contribution in [3.8, 4) is 5.75 Å². The Balaban J connectivity index is 2.30. The summed E-state index contributed by atoms with van der Waals surface area (Å²) >= 11 is 3.35. The van der Waals surface area contributed by atoms with Crippen LogP contribution >= 0.6 is 15.9 Å². The van der Waals surface area contributed by atoms with Crippen LogP contribution in [-0.4, -0.2) is 20.1 Å². The van der Waals surface area contributed by atoms with E-state index in [-0.39, 0.29) is 5.91 Å². The van der Waals surface area contributed by atoms with E-state index in [1.807, 2.05) is 12.1 Å². The minimum absolute atomic E-state index is 0.275. The number of nitrogens with one attached hydrogen (secondary N) is 2. The van der Waals surface area contributed by atoms with Gasteiger partial charge >= 0.3 is 0 Å². The molecule has 5 nitrogen and oxygen atoms in total. The normalized spacial score (nSPS) is 10.0. The van der Waals surface area contributed by atoms with Gasteiger partial charge in [-0.2, -0.15) is 0 Å². The second-order valence-electron chi connectivity index (χ2n) is 4.35. The highest BCUT2D eigenvalue weighted by atomic mass is 79.9. The van der Waals surface area contributed by atoms with E-state index in [0.717, 1.165) is 4.47 Å². The molecule has 0 radical (unpaired) electrons. The van der Waals surface area contributed by atoms with E-state index in [9.17, 15) is 4.79 Å². The fourth-order valence-electron chi connectivity index (χ4n) is 1.89. The number of amides is 1. The van der Waals surface area contributed by atoms with Crippen LogP contribution < -0.4 is 21.1 Å². The molecule has 0 aliphatic rings. The number of nitrogen functional groups attached to an aromatic ring is 1. The molecule has 110 valence electrons. The Morgan fingerprint density at radius 2 is 1.90 bits per heavy atom. The summed E-state index contributed by atoms with van der Waals surface area (Å²) in [6.07, 6.45) is 0. The van der Waals surface area contributed by atoms with Crippen LogP contribution in [-0.2, 0) is 0 Å². The van der Waals surface area contributed by atoms with Crippen molar-refractivity contribution in [2.24, 2.45) is 0 Å². The van der Waals surface area contributed by atoms with Gasteiger partial charge in [0, 0.05) is 23.3 Å². The molecule has 0 aliphatic carbocycles. The number of anilines is 3. The molecule has 6 heteroatoms. The zero-order valence-corrected chi connectivity index (χ0v) is 13.3. The van der Waals surface area contributed by atoms with Crippen LogP contribution in [0.4, 0.5) is 17.1 Å². The van der Waals surface area contributed by atoms with Gasteiger partial charge in [-0.25, -0.2) is 0 Å². The molecule has 2 aromatic carbocycles. The lowest BCUT2D eigenvalue weighted by Gasteiger charge is -2.13. The molecule has 2 rings (SSSR count). The summed E-state index contributed by atoms with van der Waals surface area (Å²) in [5, 5.41) is 5.76. The van der Waals surface area contributed by atoms with E-state index in [4.69, 9.17) is 10.5 Å². The van der Waals surface area contributed by atoms with Crippen molar-refractivity contribution < 1.29 is 9.53 Å². The number of hydrogen-bond donors (Lipinski definition) is 3. The van der Waals surface area contributed by atoms with Gasteiger partial charge in [0.2, 0.25) is 0 Å². The Kier molecular flexibility index (Phi) is 4.70. The maximum Gasteiger partial charge on any atom is 0.259 e. The number of hydrogen-bond acceptors (Lipinski definition) is 4. The van der Waals surface area contributed by atoms with Crippen LogP contribution in [0.15, 0.2) is 40.9 Å². The molecule has 0 unspecified atom stereocenters. The summed E-state index contributed by atoms with van der Waals surface area (Å²) < 4.78 is 6.20. The zero-order chi connectivity index (χ0) is 15.4. The first-order valence-electron chi connectivity index (χ1n) is 6.27. The molecule has 0 saturated carbocycles. The monoisotopic (exact) mass is 349 g/mol. The van der Waals surface area contributed by atoms with Crippen molar-refractivity contribution in [3.05, 3.63) is 46.4 Å². The quantitative estimate of drug-likeness (QED) is 0.740. The van der Waals surface area contributed by atoms with Gasteiger partial charge in [0.1, 0.15) is 5.75 Å². The highest BCUT2D eigenvalue weighted by Gasteiger charge is 2.15. The van der Waals surface area contributed by atoms with Crippen LogP contribution in [0.2, 0.25) is 0 Å². The number of nitrogens with two attached hydrogens (primary N) is 1. The average molecular weight is 350 g/mol. The molecule has 1 amide bonds. The Morgan fingerprint density at radius 3 is 2.48 bits per heavy atom. The summed E-state index contributed by atoms with van der Waals surface area (Å²) in [6.45, 7) is 0. The van der Waals surface area contributed by atoms with Crippen molar-refractivity contribution in [1.82, 2.24) is 0 Å². The van der Waals surface area contributed by atoms with E-state index in [1.165, 1.54) is 7.11 Å². The second kappa shape index (κ2) is 6.49. The largest absolute Gasteiger partial charge is 0.496 e. The standard InChI is InChI=1S/C15H16BrN3O2/c1-18-13-8-14(21-2)11(7-12(13)17)15(20)19-10-5-3-9(16)4-6-10/h3-8,18H,17H2,1-2H3,(H,19,20). The number of methoxy groups -OCH3 is 1. The van der Waals surface area contributed by atoms with Crippen molar-refractivity contribution in [1.29, 1.82) is 0 Å². The Bertz CT molecular complexity index is 657. The molecule has 2 aromatic rings. The lowest BCUT2D eigenvalue weighted by atomic mass is 10.1. The van der Waals surface area contributed by atoms with E-state index in [2.05, 4.69) is 26.6 Å². The van der Waals surface area contributed by atoms with Gasteiger partial charge < -0.3 is 21.1 Å². The number of benzene rings is 2. The van der Waals surface area contributed by atoms with Gasteiger partial charge in [0.05, 0.1) is 24.0 Å². The Labute approximate surface area is 131 Å². The topological polar surface area (TPSA) is 76.4 Å². The van der Waals surface area contributed by atoms with Crippen LogP contribution in [0, 0.1) is 0 Å². The van der Waals surface area contributed by atoms with E-state index >= 15 is 0 Å². The lowest BCUT2D eigenvalue weighted by molar-refractivity contribution is 0.102. The third kappa shape index (κ3) is 3.46. The molecule has 0 aliphatic heterocycles. The van der Waals surface area contributed by atoms with Gasteiger partial charge in [-0.05, 0) is 30.3 Å². The smallest absolute Gasteiger partial charge is 0.259 e. The maximum absolute atomic E-state index is 12.4. The van der Waals surface area contributed by atoms with E-state index in [1.54, 1.807) is 31.3 Å². The summed E-state index contributed by atoms with van der Waals surface area (Å²) in [5.41, 5.74) is 8.18. The molecule has 0 saturated heterocycles. The van der Waals surface area contributed by atoms with Gasteiger partial charge in [-0.15, -0.1) is 0 Å².